The van der Waals surface area contributed by atoms with Gasteiger partial charge in [0.05, 0.1) is 24.1 Å². The number of ether oxygens (including phenoxy) is 1. The molecule has 4 N–H and O–H groups in total. The van der Waals surface area contributed by atoms with Gasteiger partial charge in [-0.25, -0.2) is 19.2 Å². The SMILES string of the molecule is Cc1cc(NC(=O)[C@H](OC(=O)c2nc(-c3cnn(C4CCNCC4)c3)cnc2N)c2ccccc2)ccc1F.Cl. The second-order valence-corrected chi connectivity index (χ2v) is 9.33. The van der Waals surface area contributed by atoms with Crippen LogP contribution in [0.4, 0.5) is 15.9 Å². The number of amides is 1. The number of nitrogens with one attached hydrogen (secondary N) is 2. The van der Waals surface area contributed by atoms with Crippen LogP contribution < -0.4 is 16.4 Å². The summed E-state index contributed by atoms with van der Waals surface area (Å²) >= 11 is 0. The average molecular weight is 566 g/mol. The first-order valence-electron chi connectivity index (χ1n) is 12.6. The molecule has 4 aromatic rings. The molecule has 1 aliphatic heterocycles. The van der Waals surface area contributed by atoms with Crippen LogP contribution in [0.5, 0.6) is 0 Å². The molecule has 12 heteroatoms. The van der Waals surface area contributed by atoms with E-state index < -0.39 is 23.8 Å². The smallest absolute Gasteiger partial charge is 0.361 e. The Bertz CT molecular complexity index is 1490. The number of halogens is 2. The highest BCUT2D eigenvalue weighted by atomic mass is 35.5. The number of esters is 1. The fourth-order valence-electron chi connectivity index (χ4n) is 4.42. The molecule has 1 saturated heterocycles. The number of aromatic nitrogens is 4. The van der Waals surface area contributed by atoms with Gasteiger partial charge < -0.3 is 21.1 Å². The van der Waals surface area contributed by atoms with Crippen LogP contribution in [0.1, 0.15) is 46.6 Å². The summed E-state index contributed by atoms with van der Waals surface area (Å²) < 4.78 is 21.2. The Balaban J connectivity index is 0.00000370. The number of rotatable bonds is 7. The van der Waals surface area contributed by atoms with Gasteiger partial charge in [-0.15, -0.1) is 12.4 Å². The number of nitrogens with zero attached hydrogens (tertiary/aromatic N) is 4. The van der Waals surface area contributed by atoms with Crippen LogP contribution in [0.3, 0.4) is 0 Å². The third-order valence-corrected chi connectivity index (χ3v) is 6.57. The van der Waals surface area contributed by atoms with E-state index >= 15 is 0 Å². The molecule has 2 aromatic carbocycles. The highest BCUT2D eigenvalue weighted by molar-refractivity contribution is 5.99. The Morgan fingerprint density at radius 3 is 2.62 bits per heavy atom. The van der Waals surface area contributed by atoms with Crippen LogP contribution in [-0.2, 0) is 9.53 Å². The third kappa shape index (κ3) is 6.44. The van der Waals surface area contributed by atoms with E-state index in [1.807, 2.05) is 10.9 Å². The first kappa shape index (κ1) is 28.7. The number of carbonyl (C=O) groups excluding carboxylic acids is 2. The summed E-state index contributed by atoms with van der Waals surface area (Å²) in [5.74, 6) is -2.05. The predicted octanol–water partition coefficient (Wildman–Crippen LogP) is 4.25. The average Bonchev–Trinajstić information content (AvgIpc) is 3.45. The number of nitrogen functional groups attached to an aromatic ring is 1. The number of aryl methyl sites for hydroxylation is 1. The number of benzene rings is 2. The van der Waals surface area contributed by atoms with Crippen LogP contribution in [0, 0.1) is 12.7 Å². The fraction of sp³-hybridized carbons (Fsp3) is 0.250. The second-order valence-electron chi connectivity index (χ2n) is 9.33. The number of anilines is 2. The van der Waals surface area contributed by atoms with Gasteiger partial charge in [0, 0.05) is 23.0 Å². The largest absolute Gasteiger partial charge is 0.442 e. The van der Waals surface area contributed by atoms with Crippen molar-refractivity contribution in [1.82, 2.24) is 25.1 Å². The number of hydrogen-bond acceptors (Lipinski definition) is 8. The molecule has 0 aliphatic carbocycles. The van der Waals surface area contributed by atoms with E-state index in [1.165, 1.54) is 24.4 Å². The molecule has 208 valence electrons. The highest BCUT2D eigenvalue weighted by Gasteiger charge is 2.28. The zero-order chi connectivity index (χ0) is 27.4. The lowest BCUT2D eigenvalue weighted by Gasteiger charge is -2.22. The maximum atomic E-state index is 13.7. The van der Waals surface area contributed by atoms with E-state index in [1.54, 1.807) is 43.5 Å². The molecule has 1 fully saturated rings. The Kier molecular flexibility index (Phi) is 9.08. The molecule has 2 aromatic heterocycles. The molecule has 1 aliphatic rings. The van der Waals surface area contributed by atoms with E-state index in [-0.39, 0.29) is 30.0 Å². The van der Waals surface area contributed by atoms with Gasteiger partial charge in [-0.1, -0.05) is 30.3 Å². The van der Waals surface area contributed by atoms with Gasteiger partial charge in [0.25, 0.3) is 5.91 Å². The number of nitrogens with two attached hydrogens (primary N) is 1. The summed E-state index contributed by atoms with van der Waals surface area (Å²) in [6.07, 6.45) is 5.61. The van der Waals surface area contributed by atoms with Crippen molar-refractivity contribution in [3.05, 3.63) is 89.8 Å². The normalized spacial score (nSPS) is 14.2. The molecule has 3 heterocycles. The molecular weight excluding hydrogens is 537 g/mol. The molecule has 1 atom stereocenters. The Labute approximate surface area is 236 Å². The summed E-state index contributed by atoms with van der Waals surface area (Å²) in [5.41, 5.74) is 8.03. The van der Waals surface area contributed by atoms with Crippen molar-refractivity contribution in [1.29, 1.82) is 0 Å². The zero-order valence-electron chi connectivity index (χ0n) is 21.7. The monoisotopic (exact) mass is 565 g/mol. The molecule has 0 unspecified atom stereocenters. The molecule has 1 amide bonds. The first-order chi connectivity index (χ1) is 18.9. The van der Waals surface area contributed by atoms with Gasteiger partial charge in [-0.3, -0.25) is 9.48 Å². The lowest BCUT2D eigenvalue weighted by molar-refractivity contribution is -0.125. The van der Waals surface area contributed by atoms with Crippen molar-refractivity contribution < 1.29 is 18.7 Å². The standard InChI is InChI=1S/C28H28FN7O3.ClH/c1-17-13-20(7-8-22(17)29)34-27(37)25(18-5-3-2-4-6-18)39-28(38)24-26(30)32-15-23(35-24)19-14-33-36(16-19)21-9-11-31-12-10-21;/h2-8,13-16,21,25,31H,9-12H2,1H3,(H2,30,32)(H,34,37);1H/t25-;/m1./s1. The maximum absolute atomic E-state index is 13.7. The summed E-state index contributed by atoms with van der Waals surface area (Å²) in [6.45, 7) is 3.44. The minimum Gasteiger partial charge on any atom is -0.442 e. The van der Waals surface area contributed by atoms with Crippen molar-refractivity contribution in [2.24, 2.45) is 0 Å². The van der Waals surface area contributed by atoms with Crippen LogP contribution in [0.2, 0.25) is 0 Å². The number of piperidine rings is 1. The molecule has 0 radical (unpaired) electrons. The second kappa shape index (κ2) is 12.7. The zero-order valence-corrected chi connectivity index (χ0v) is 22.5. The lowest BCUT2D eigenvalue weighted by atomic mass is 10.1. The van der Waals surface area contributed by atoms with Crippen LogP contribution in [0.25, 0.3) is 11.3 Å². The van der Waals surface area contributed by atoms with E-state index in [4.69, 9.17) is 10.5 Å². The van der Waals surface area contributed by atoms with Crippen LogP contribution in [0.15, 0.2) is 67.1 Å². The topological polar surface area (TPSA) is 137 Å². The van der Waals surface area contributed by atoms with Crippen molar-refractivity contribution in [2.45, 2.75) is 31.9 Å². The van der Waals surface area contributed by atoms with E-state index in [0.29, 0.717) is 28.1 Å². The summed E-state index contributed by atoms with van der Waals surface area (Å²) in [4.78, 5) is 35.1. The van der Waals surface area contributed by atoms with Gasteiger partial charge in [-0.05, 0) is 56.6 Å². The van der Waals surface area contributed by atoms with Gasteiger partial charge >= 0.3 is 5.97 Å². The van der Waals surface area contributed by atoms with Crippen LogP contribution in [-0.4, -0.2) is 44.7 Å². The van der Waals surface area contributed by atoms with Crippen molar-refractivity contribution in [3.8, 4) is 11.3 Å². The Hall–Kier alpha value is -4.35. The van der Waals surface area contributed by atoms with Crippen LogP contribution >= 0.6 is 12.4 Å². The summed E-state index contributed by atoms with van der Waals surface area (Å²) in [5, 5.41) is 10.5. The van der Waals surface area contributed by atoms with Gasteiger partial charge in [0.15, 0.2) is 11.5 Å². The van der Waals surface area contributed by atoms with Gasteiger partial charge in [0.1, 0.15) is 5.82 Å². The molecule has 0 spiro atoms. The minimum atomic E-state index is -1.32. The van der Waals surface area contributed by atoms with Crippen molar-refractivity contribution in [3.63, 3.8) is 0 Å². The molecule has 5 rings (SSSR count). The molecule has 0 bridgehead atoms. The maximum Gasteiger partial charge on any atom is 0.361 e. The highest BCUT2D eigenvalue weighted by Crippen LogP contribution is 2.26. The van der Waals surface area contributed by atoms with Crippen molar-refractivity contribution in [2.75, 3.05) is 24.1 Å². The minimum absolute atomic E-state index is 0. The van der Waals surface area contributed by atoms with E-state index in [2.05, 4.69) is 25.7 Å². The fourth-order valence-corrected chi connectivity index (χ4v) is 4.42. The van der Waals surface area contributed by atoms with E-state index in [0.717, 1.165) is 25.9 Å². The number of carbonyl (C=O) groups is 2. The third-order valence-electron chi connectivity index (χ3n) is 6.57. The van der Waals surface area contributed by atoms with Gasteiger partial charge in [-0.2, -0.15) is 5.10 Å². The summed E-state index contributed by atoms with van der Waals surface area (Å²) in [7, 11) is 0. The van der Waals surface area contributed by atoms with E-state index in [9.17, 15) is 14.0 Å². The first-order valence-corrected chi connectivity index (χ1v) is 12.6. The number of hydrogen-bond donors (Lipinski definition) is 3. The molecule has 0 saturated carbocycles. The molecular formula is C28H29ClFN7O3. The molecule has 40 heavy (non-hydrogen) atoms. The predicted molar refractivity (Wildman–Crippen MR) is 150 cm³/mol. The lowest BCUT2D eigenvalue weighted by Crippen LogP contribution is -2.29. The quantitative estimate of drug-likeness (QED) is 0.283. The Morgan fingerprint density at radius 1 is 1.15 bits per heavy atom. The summed E-state index contributed by atoms with van der Waals surface area (Å²) in [6, 6.07) is 13.0. The molecule has 10 nitrogen and oxygen atoms in total. The van der Waals surface area contributed by atoms with Gasteiger partial charge in [0.2, 0.25) is 6.10 Å². The Morgan fingerprint density at radius 2 is 1.90 bits per heavy atom. The van der Waals surface area contributed by atoms with Crippen molar-refractivity contribution >= 4 is 35.8 Å².